The number of hydrogen-bond donors (Lipinski definition) is 0. The van der Waals surface area contributed by atoms with Gasteiger partial charge in [-0.1, -0.05) is 69.5 Å². The molecule has 0 aliphatic heterocycles. The number of rotatable bonds is 8. The summed E-state index contributed by atoms with van der Waals surface area (Å²) in [6.45, 7) is 5.68. The SMILES string of the molecule is CCCCC(CC)COS(=O)(=O)[O-].Cc1ccc2ccccc2c1S(=O)(=O)[O-].[Na+].[Na+]. The van der Waals surface area contributed by atoms with Crippen molar-refractivity contribution >= 4 is 31.3 Å². The van der Waals surface area contributed by atoms with E-state index in [1.165, 1.54) is 0 Å². The second-order valence-electron chi connectivity index (χ2n) is 6.50. The van der Waals surface area contributed by atoms with Crippen LogP contribution < -0.4 is 59.1 Å². The average Bonchev–Trinajstić information content (AvgIpc) is 2.60. The van der Waals surface area contributed by atoms with Gasteiger partial charge in [-0.3, -0.25) is 4.18 Å². The van der Waals surface area contributed by atoms with E-state index in [0.717, 1.165) is 31.1 Å². The molecule has 0 saturated carbocycles. The quantitative estimate of drug-likeness (QED) is 0.239. The topological polar surface area (TPSA) is 124 Å². The molecule has 0 aliphatic carbocycles. The predicted molar refractivity (Wildman–Crippen MR) is 106 cm³/mol. The van der Waals surface area contributed by atoms with Gasteiger partial charge in [-0.25, -0.2) is 16.8 Å². The van der Waals surface area contributed by atoms with Crippen LogP contribution in [0.25, 0.3) is 10.8 Å². The Morgan fingerprint density at radius 1 is 0.967 bits per heavy atom. The number of unbranched alkanes of at least 4 members (excludes halogenated alkanes) is 1. The zero-order valence-corrected chi connectivity index (χ0v) is 23.9. The molecule has 0 heterocycles. The number of fused-ring (bicyclic) bond motifs is 1. The van der Waals surface area contributed by atoms with E-state index in [1.54, 1.807) is 43.3 Å². The Balaban J connectivity index is 0. The molecule has 0 amide bonds. The monoisotopic (exact) mass is 476 g/mol. The summed E-state index contributed by atoms with van der Waals surface area (Å²) in [5.41, 5.74) is 0.490. The minimum absolute atomic E-state index is 0. The molecule has 1 unspecified atom stereocenters. The molecule has 158 valence electrons. The molecule has 30 heavy (non-hydrogen) atoms. The van der Waals surface area contributed by atoms with Crippen molar-refractivity contribution in [2.24, 2.45) is 5.92 Å². The molecule has 0 aliphatic rings. The standard InChI is InChI=1S/C11H10O3S.C8H18O4S.2Na/c1-8-6-7-9-4-2-3-5-10(9)11(8)15(12,13)14;1-3-5-6-8(4-2)7-12-13(9,10)11;;/h2-7H,1H3,(H,12,13,14);8H,3-7H2,1-2H3,(H,9,10,11);;/q;;2*+1/p-2. The van der Waals surface area contributed by atoms with Crippen molar-refractivity contribution in [3.05, 3.63) is 42.0 Å². The molecule has 11 heteroatoms. The van der Waals surface area contributed by atoms with E-state index >= 15 is 0 Å². The third-order valence-electron chi connectivity index (χ3n) is 4.32. The largest absolute Gasteiger partial charge is 1.00 e. The summed E-state index contributed by atoms with van der Waals surface area (Å²) in [5.74, 6) is 0.184. The Morgan fingerprint density at radius 2 is 1.57 bits per heavy atom. The van der Waals surface area contributed by atoms with Gasteiger partial charge in [0, 0.05) is 0 Å². The van der Waals surface area contributed by atoms with E-state index in [0.29, 0.717) is 10.9 Å². The third-order valence-corrected chi connectivity index (χ3v) is 5.78. The van der Waals surface area contributed by atoms with Gasteiger partial charge in [0.05, 0.1) is 11.5 Å². The molecule has 0 bridgehead atoms. The minimum atomic E-state index is -4.50. The maximum absolute atomic E-state index is 11.1. The van der Waals surface area contributed by atoms with E-state index in [4.69, 9.17) is 0 Å². The molecule has 0 spiro atoms. The van der Waals surface area contributed by atoms with Crippen LogP contribution in [0.3, 0.4) is 0 Å². The maximum Gasteiger partial charge on any atom is 1.00 e. The van der Waals surface area contributed by atoms with Gasteiger partial charge in [0.15, 0.2) is 0 Å². The van der Waals surface area contributed by atoms with E-state index in [9.17, 15) is 25.9 Å². The molecule has 2 rings (SSSR count). The predicted octanol–water partition coefficient (Wildman–Crippen LogP) is -2.26. The smallest absolute Gasteiger partial charge is 0.744 e. The summed E-state index contributed by atoms with van der Waals surface area (Å²) in [4.78, 5) is -0.111. The van der Waals surface area contributed by atoms with Crippen LogP contribution in [-0.4, -0.2) is 32.5 Å². The first-order valence-electron chi connectivity index (χ1n) is 9.04. The second-order valence-corrected chi connectivity index (χ2v) is 8.86. The Labute approximate surface area is 224 Å². The van der Waals surface area contributed by atoms with Crippen LogP contribution >= 0.6 is 0 Å². The Bertz CT molecular complexity index is 978. The van der Waals surface area contributed by atoms with Crippen LogP contribution in [0.4, 0.5) is 0 Å². The summed E-state index contributed by atoms with van der Waals surface area (Å²) in [6.07, 6.45) is 3.87. The van der Waals surface area contributed by atoms with Crippen molar-refractivity contribution in [1.29, 1.82) is 0 Å². The summed E-state index contributed by atoms with van der Waals surface area (Å²) >= 11 is 0. The third kappa shape index (κ3) is 11.9. The van der Waals surface area contributed by atoms with Crippen molar-refractivity contribution in [2.75, 3.05) is 6.61 Å². The number of hydrogen-bond acceptors (Lipinski definition) is 7. The zero-order valence-electron chi connectivity index (χ0n) is 18.3. The van der Waals surface area contributed by atoms with E-state index in [-0.39, 0.29) is 76.5 Å². The van der Waals surface area contributed by atoms with E-state index < -0.39 is 20.5 Å². The Morgan fingerprint density at radius 3 is 2.07 bits per heavy atom. The Hall–Kier alpha value is 0.480. The first-order chi connectivity index (χ1) is 13.0. The fourth-order valence-electron chi connectivity index (χ4n) is 2.76. The summed E-state index contributed by atoms with van der Waals surface area (Å²) in [5, 5.41) is 1.25. The van der Waals surface area contributed by atoms with E-state index in [1.807, 2.05) is 6.92 Å². The first kappa shape index (κ1) is 32.7. The molecule has 0 aromatic heterocycles. The van der Waals surface area contributed by atoms with Crippen LogP contribution in [0.15, 0.2) is 41.3 Å². The van der Waals surface area contributed by atoms with Crippen LogP contribution in [0.1, 0.15) is 45.1 Å². The van der Waals surface area contributed by atoms with Crippen molar-refractivity contribution in [1.82, 2.24) is 0 Å². The van der Waals surface area contributed by atoms with Crippen molar-refractivity contribution in [2.45, 2.75) is 51.3 Å². The average molecular weight is 477 g/mol. The molecule has 0 N–H and O–H groups in total. The molecule has 2 aromatic carbocycles. The first-order valence-corrected chi connectivity index (χ1v) is 11.8. The molecule has 0 radical (unpaired) electrons. The van der Waals surface area contributed by atoms with Crippen molar-refractivity contribution in [3.8, 4) is 0 Å². The molecule has 7 nitrogen and oxygen atoms in total. The van der Waals surface area contributed by atoms with Gasteiger partial charge in [-0.15, -0.1) is 0 Å². The number of benzene rings is 2. The number of aryl methyl sites for hydroxylation is 1. The molecule has 1 atom stereocenters. The zero-order chi connectivity index (χ0) is 21.4. The normalized spacial score (nSPS) is 12.2. The van der Waals surface area contributed by atoms with Gasteiger partial charge in [0.1, 0.15) is 10.1 Å². The van der Waals surface area contributed by atoms with Gasteiger partial charge in [-0.2, -0.15) is 0 Å². The van der Waals surface area contributed by atoms with Crippen LogP contribution in [0.2, 0.25) is 0 Å². The van der Waals surface area contributed by atoms with Crippen molar-refractivity contribution in [3.63, 3.8) is 0 Å². The molecule has 0 saturated heterocycles. The van der Waals surface area contributed by atoms with Gasteiger partial charge >= 0.3 is 59.1 Å². The fourth-order valence-corrected chi connectivity index (χ4v) is 4.04. The molecule has 2 aromatic rings. The maximum atomic E-state index is 11.1. The Kier molecular flexibility index (Phi) is 16.7. The van der Waals surface area contributed by atoms with Gasteiger partial charge in [-0.05, 0) is 35.6 Å². The minimum Gasteiger partial charge on any atom is -0.744 e. The summed E-state index contributed by atoms with van der Waals surface area (Å²) in [7, 11) is -8.91. The van der Waals surface area contributed by atoms with Gasteiger partial charge in [0.2, 0.25) is 10.4 Å². The van der Waals surface area contributed by atoms with Gasteiger partial charge < -0.3 is 9.11 Å². The van der Waals surface area contributed by atoms with Gasteiger partial charge in [0.25, 0.3) is 0 Å². The van der Waals surface area contributed by atoms with Crippen molar-refractivity contribution < 1.29 is 89.2 Å². The molecular formula is C19H26Na2O7S2. The molecular weight excluding hydrogens is 450 g/mol. The van der Waals surface area contributed by atoms with Crippen LogP contribution in [0.5, 0.6) is 0 Å². The van der Waals surface area contributed by atoms with E-state index in [2.05, 4.69) is 11.1 Å². The molecule has 0 fully saturated rings. The summed E-state index contributed by atoms with van der Waals surface area (Å²) < 4.78 is 68.0. The summed E-state index contributed by atoms with van der Waals surface area (Å²) in [6, 6.07) is 10.4. The fraction of sp³-hybridized carbons (Fsp3) is 0.474. The second kappa shape index (κ2) is 15.3. The van der Waals surface area contributed by atoms with Crippen LogP contribution in [-0.2, 0) is 24.7 Å². The van der Waals surface area contributed by atoms with Crippen LogP contribution in [0, 0.1) is 12.8 Å².